The Labute approximate surface area is 173 Å². The molecule has 1 aromatic heterocycles. The molecule has 0 aliphatic carbocycles. The van der Waals surface area contributed by atoms with E-state index in [1.807, 2.05) is 0 Å². The molecule has 2 aromatic rings. The number of hydrogen-bond acceptors (Lipinski definition) is 7. The van der Waals surface area contributed by atoms with Crippen LogP contribution < -0.4 is 10.0 Å². The van der Waals surface area contributed by atoms with Gasteiger partial charge in [0.2, 0.25) is 0 Å². The van der Waals surface area contributed by atoms with Crippen molar-refractivity contribution in [1.82, 2.24) is 9.88 Å². The van der Waals surface area contributed by atoms with Crippen molar-refractivity contribution in [2.75, 3.05) is 29.7 Å². The van der Waals surface area contributed by atoms with E-state index in [2.05, 4.69) is 26.0 Å². The van der Waals surface area contributed by atoms with Crippen LogP contribution in [0.15, 0.2) is 29.3 Å². The van der Waals surface area contributed by atoms with E-state index in [1.165, 1.54) is 31.2 Å². The SMILES string of the molecule is N#Cc1cc(S(=O)(=O)Nc2ncc(Cl)s2)ccc1NCC12CCCN1CCC2. The summed E-state index contributed by atoms with van der Waals surface area (Å²) in [6.45, 7) is 3.04. The third-order valence-corrected chi connectivity index (χ3v) is 8.04. The van der Waals surface area contributed by atoms with Crippen LogP contribution >= 0.6 is 22.9 Å². The van der Waals surface area contributed by atoms with E-state index >= 15 is 0 Å². The molecule has 10 heteroatoms. The molecule has 0 spiro atoms. The highest BCUT2D eigenvalue weighted by Gasteiger charge is 2.43. The Balaban J connectivity index is 1.52. The summed E-state index contributed by atoms with van der Waals surface area (Å²) in [4.78, 5) is 6.46. The van der Waals surface area contributed by atoms with Gasteiger partial charge in [-0.05, 0) is 57.0 Å². The van der Waals surface area contributed by atoms with Crippen LogP contribution in [0.4, 0.5) is 10.8 Å². The molecular formula is C18H20ClN5O2S2. The largest absolute Gasteiger partial charge is 0.382 e. The molecule has 0 bridgehead atoms. The van der Waals surface area contributed by atoms with Crippen molar-refractivity contribution in [2.45, 2.75) is 36.1 Å². The molecule has 0 unspecified atom stereocenters. The van der Waals surface area contributed by atoms with Crippen LogP contribution in [0, 0.1) is 11.3 Å². The number of sulfonamides is 1. The number of halogens is 1. The molecule has 0 atom stereocenters. The number of nitrogens with one attached hydrogen (secondary N) is 2. The maximum Gasteiger partial charge on any atom is 0.263 e. The molecule has 0 radical (unpaired) electrons. The van der Waals surface area contributed by atoms with Crippen LogP contribution in [0.1, 0.15) is 31.2 Å². The van der Waals surface area contributed by atoms with E-state index in [-0.39, 0.29) is 15.6 Å². The van der Waals surface area contributed by atoms with Crippen molar-refractivity contribution in [3.63, 3.8) is 0 Å². The van der Waals surface area contributed by atoms with Gasteiger partial charge in [-0.3, -0.25) is 9.62 Å². The van der Waals surface area contributed by atoms with Crippen molar-refractivity contribution in [3.8, 4) is 6.07 Å². The predicted molar refractivity (Wildman–Crippen MR) is 110 cm³/mol. The summed E-state index contributed by atoms with van der Waals surface area (Å²) < 4.78 is 27.9. The highest BCUT2D eigenvalue weighted by atomic mass is 35.5. The van der Waals surface area contributed by atoms with Gasteiger partial charge in [-0.1, -0.05) is 22.9 Å². The van der Waals surface area contributed by atoms with Gasteiger partial charge in [0.15, 0.2) is 5.13 Å². The minimum absolute atomic E-state index is 0.0162. The summed E-state index contributed by atoms with van der Waals surface area (Å²) in [7, 11) is -3.84. The predicted octanol–water partition coefficient (Wildman–Crippen LogP) is 3.51. The normalized spacial score (nSPS) is 18.6. The van der Waals surface area contributed by atoms with E-state index in [0.717, 1.165) is 43.8 Å². The summed E-state index contributed by atoms with van der Waals surface area (Å²) in [5, 5.41) is 13.1. The minimum Gasteiger partial charge on any atom is -0.382 e. The summed E-state index contributed by atoms with van der Waals surface area (Å²) in [6.07, 6.45) is 6.11. The van der Waals surface area contributed by atoms with E-state index in [9.17, 15) is 13.7 Å². The smallest absolute Gasteiger partial charge is 0.263 e. The Morgan fingerprint density at radius 2 is 2.07 bits per heavy atom. The number of rotatable bonds is 6. The highest BCUT2D eigenvalue weighted by Crippen LogP contribution is 2.39. The van der Waals surface area contributed by atoms with E-state index in [0.29, 0.717) is 15.6 Å². The fourth-order valence-electron chi connectivity index (χ4n) is 4.19. The van der Waals surface area contributed by atoms with E-state index < -0.39 is 10.0 Å². The van der Waals surface area contributed by atoms with Gasteiger partial charge in [-0.25, -0.2) is 13.4 Å². The maximum atomic E-state index is 12.6. The van der Waals surface area contributed by atoms with Gasteiger partial charge in [0.25, 0.3) is 10.0 Å². The molecule has 2 saturated heterocycles. The number of aromatic nitrogens is 1. The summed E-state index contributed by atoms with van der Waals surface area (Å²) >= 11 is 6.83. The number of thiazole rings is 1. The second kappa shape index (κ2) is 7.52. The molecule has 2 N–H and O–H groups in total. The first-order valence-corrected chi connectivity index (χ1v) is 11.8. The Morgan fingerprint density at radius 3 is 2.71 bits per heavy atom. The zero-order chi connectivity index (χ0) is 19.8. The molecule has 0 amide bonds. The highest BCUT2D eigenvalue weighted by molar-refractivity contribution is 7.93. The Bertz CT molecular complexity index is 1020. The van der Waals surface area contributed by atoms with Crippen molar-refractivity contribution in [1.29, 1.82) is 5.26 Å². The van der Waals surface area contributed by atoms with Gasteiger partial charge < -0.3 is 5.32 Å². The second-order valence-electron chi connectivity index (χ2n) is 7.17. The van der Waals surface area contributed by atoms with Crippen LogP contribution in [0.3, 0.4) is 0 Å². The lowest BCUT2D eigenvalue weighted by Crippen LogP contribution is -2.44. The number of benzene rings is 1. The molecule has 1 aromatic carbocycles. The van der Waals surface area contributed by atoms with Gasteiger partial charge in [0, 0.05) is 12.1 Å². The second-order valence-corrected chi connectivity index (χ2v) is 10.5. The molecule has 3 heterocycles. The van der Waals surface area contributed by atoms with E-state index in [1.54, 1.807) is 6.07 Å². The molecule has 28 heavy (non-hydrogen) atoms. The molecule has 2 aliphatic rings. The first kappa shape index (κ1) is 19.5. The summed E-state index contributed by atoms with van der Waals surface area (Å²) in [6, 6.07) is 6.65. The summed E-state index contributed by atoms with van der Waals surface area (Å²) in [5.74, 6) is 0. The topological polar surface area (TPSA) is 98.1 Å². The van der Waals surface area contributed by atoms with Crippen LogP contribution in [-0.2, 0) is 10.0 Å². The van der Waals surface area contributed by atoms with Crippen molar-refractivity contribution in [3.05, 3.63) is 34.3 Å². The number of hydrogen-bond donors (Lipinski definition) is 2. The maximum absolute atomic E-state index is 12.6. The lowest BCUT2D eigenvalue weighted by Gasteiger charge is -2.32. The van der Waals surface area contributed by atoms with Gasteiger partial charge >= 0.3 is 0 Å². The lowest BCUT2D eigenvalue weighted by molar-refractivity contribution is 0.209. The molecular weight excluding hydrogens is 418 g/mol. The zero-order valence-electron chi connectivity index (χ0n) is 15.1. The van der Waals surface area contributed by atoms with Crippen molar-refractivity contribution >= 4 is 43.8 Å². The fourth-order valence-corrected chi connectivity index (χ4v) is 6.27. The van der Waals surface area contributed by atoms with Gasteiger partial charge in [-0.2, -0.15) is 5.26 Å². The number of fused-ring (bicyclic) bond motifs is 1. The third kappa shape index (κ3) is 3.70. The first-order valence-electron chi connectivity index (χ1n) is 9.09. The number of nitriles is 1. The lowest BCUT2D eigenvalue weighted by atomic mass is 9.94. The Kier molecular flexibility index (Phi) is 5.22. The monoisotopic (exact) mass is 437 g/mol. The summed E-state index contributed by atoms with van der Waals surface area (Å²) in [5.41, 5.74) is 1.13. The average molecular weight is 438 g/mol. The van der Waals surface area contributed by atoms with Crippen LogP contribution in [0.5, 0.6) is 0 Å². The molecule has 4 rings (SSSR count). The Morgan fingerprint density at radius 1 is 1.32 bits per heavy atom. The molecule has 7 nitrogen and oxygen atoms in total. The molecule has 148 valence electrons. The first-order chi connectivity index (χ1) is 13.4. The minimum atomic E-state index is -3.84. The van der Waals surface area contributed by atoms with Crippen LogP contribution in [0.2, 0.25) is 4.34 Å². The molecule has 2 aliphatic heterocycles. The van der Waals surface area contributed by atoms with Crippen molar-refractivity contribution < 1.29 is 8.42 Å². The average Bonchev–Trinajstić information content (AvgIpc) is 3.35. The fraction of sp³-hybridized carbons (Fsp3) is 0.444. The van der Waals surface area contributed by atoms with Crippen LogP contribution in [0.25, 0.3) is 0 Å². The quantitative estimate of drug-likeness (QED) is 0.717. The van der Waals surface area contributed by atoms with Gasteiger partial charge in [0.1, 0.15) is 10.4 Å². The van der Waals surface area contributed by atoms with Crippen LogP contribution in [-0.4, -0.2) is 43.5 Å². The van der Waals surface area contributed by atoms with Gasteiger partial charge in [0.05, 0.1) is 22.3 Å². The Hall–Kier alpha value is -1.86. The van der Waals surface area contributed by atoms with Gasteiger partial charge in [-0.15, -0.1) is 0 Å². The third-order valence-electron chi connectivity index (χ3n) is 5.54. The molecule has 2 fully saturated rings. The van der Waals surface area contributed by atoms with E-state index in [4.69, 9.17) is 11.6 Å². The van der Waals surface area contributed by atoms with Crippen molar-refractivity contribution in [2.24, 2.45) is 0 Å². The standard InChI is InChI=1S/C18H20ClN5O2S2/c19-16-11-21-17(27-16)23-28(25,26)14-3-4-15(13(9-14)10-20)22-12-18-5-1-7-24(18)8-2-6-18/h3-4,9,11,22H,1-2,5-8,12H2,(H,21,23). The number of anilines is 2. The zero-order valence-corrected chi connectivity index (χ0v) is 17.5. The molecule has 0 saturated carbocycles. The number of nitrogens with zero attached hydrogens (tertiary/aromatic N) is 3.